The molecule has 3 aromatic rings. The summed E-state index contributed by atoms with van der Waals surface area (Å²) in [6.45, 7) is 2.39. The van der Waals surface area contributed by atoms with E-state index in [1.165, 1.54) is 11.8 Å². The molecule has 0 saturated heterocycles. The van der Waals surface area contributed by atoms with Gasteiger partial charge in [-0.05, 0) is 67.3 Å². The van der Waals surface area contributed by atoms with Crippen molar-refractivity contribution < 1.29 is 29.0 Å². The molecule has 0 radical (unpaired) electrons. The third-order valence-corrected chi connectivity index (χ3v) is 8.15. The van der Waals surface area contributed by atoms with E-state index in [1.54, 1.807) is 48.5 Å². The van der Waals surface area contributed by atoms with Gasteiger partial charge in [-0.3, -0.25) is 14.4 Å². The second kappa shape index (κ2) is 15.0. The predicted octanol–water partition coefficient (Wildman–Crippen LogP) is 6.72. The first kappa shape index (κ1) is 30.6. The summed E-state index contributed by atoms with van der Waals surface area (Å²) in [5.41, 5.74) is 2.28. The molecule has 3 N–H and O–H groups in total. The molecule has 9 heteroatoms. The number of rotatable bonds is 12. The molecule has 0 aliphatic heterocycles. The largest absolute Gasteiger partial charge is 0.481 e. The third-order valence-electron chi connectivity index (χ3n) is 6.90. The van der Waals surface area contributed by atoms with Crippen LogP contribution in [0.2, 0.25) is 0 Å². The standard InChI is InChI=1S/C33H34N2O6S/c1-2-3-20-41-33(40)23-16-18-24(19-17-23)34-31(37)29(22-10-5-4-6-11-22)42-26-13-9-12-25(21-26)35-30(36)27-14-7-8-15-28(27)32(38)39/h4-13,16-19,21,27-29H,2-3,14-15,20H2,1H3,(H,34,37)(H,35,36)(H,38,39). The Hall–Kier alpha value is -4.37. The smallest absolute Gasteiger partial charge is 0.338 e. The third kappa shape index (κ3) is 8.33. The van der Waals surface area contributed by atoms with E-state index in [-0.39, 0.29) is 11.8 Å². The molecule has 1 aliphatic rings. The molecular weight excluding hydrogens is 552 g/mol. The van der Waals surface area contributed by atoms with Gasteiger partial charge in [0.1, 0.15) is 5.25 Å². The van der Waals surface area contributed by atoms with E-state index >= 15 is 0 Å². The van der Waals surface area contributed by atoms with Gasteiger partial charge in [-0.25, -0.2) is 4.79 Å². The SMILES string of the molecule is CCCCOC(=O)c1ccc(NC(=O)C(Sc2cccc(NC(=O)C3CC=CCC3C(=O)O)c2)c2ccccc2)cc1. The molecule has 2 amide bonds. The molecule has 0 fully saturated rings. The van der Waals surface area contributed by atoms with Crippen LogP contribution < -0.4 is 10.6 Å². The maximum atomic E-state index is 13.5. The summed E-state index contributed by atoms with van der Waals surface area (Å²) in [4.78, 5) is 51.1. The molecule has 0 spiro atoms. The number of thioether (sulfide) groups is 1. The van der Waals surface area contributed by atoms with Crippen LogP contribution in [-0.2, 0) is 19.1 Å². The summed E-state index contributed by atoms with van der Waals surface area (Å²) in [6.07, 6.45) is 6.06. The Kier molecular flexibility index (Phi) is 10.9. The average molecular weight is 587 g/mol. The Balaban J connectivity index is 1.46. The van der Waals surface area contributed by atoms with Crippen LogP contribution >= 0.6 is 11.8 Å². The number of anilines is 2. The highest BCUT2D eigenvalue weighted by molar-refractivity contribution is 8.00. The Labute approximate surface area is 249 Å². The van der Waals surface area contributed by atoms with Crippen molar-refractivity contribution in [1.82, 2.24) is 0 Å². The van der Waals surface area contributed by atoms with Gasteiger partial charge < -0.3 is 20.5 Å². The molecule has 1 aliphatic carbocycles. The number of hydrogen-bond donors (Lipinski definition) is 3. The van der Waals surface area contributed by atoms with Gasteiger partial charge in [0.15, 0.2) is 0 Å². The van der Waals surface area contributed by atoms with Crippen molar-refractivity contribution in [2.75, 3.05) is 17.2 Å². The fraction of sp³-hybridized carbons (Fsp3) is 0.273. The molecule has 8 nitrogen and oxygen atoms in total. The van der Waals surface area contributed by atoms with Crippen molar-refractivity contribution in [2.45, 2.75) is 42.8 Å². The molecule has 3 aromatic carbocycles. The highest BCUT2D eigenvalue weighted by Gasteiger charge is 2.34. The number of amides is 2. The summed E-state index contributed by atoms with van der Waals surface area (Å²) in [5.74, 6) is -3.40. The minimum atomic E-state index is -0.984. The van der Waals surface area contributed by atoms with Crippen molar-refractivity contribution in [2.24, 2.45) is 11.8 Å². The van der Waals surface area contributed by atoms with Crippen molar-refractivity contribution >= 4 is 46.9 Å². The van der Waals surface area contributed by atoms with E-state index in [0.717, 1.165) is 23.3 Å². The van der Waals surface area contributed by atoms with Gasteiger partial charge >= 0.3 is 11.9 Å². The van der Waals surface area contributed by atoms with Gasteiger partial charge in [0.2, 0.25) is 11.8 Å². The summed E-state index contributed by atoms with van der Waals surface area (Å²) in [7, 11) is 0. The number of carboxylic acids is 1. The van der Waals surface area contributed by atoms with Crippen LogP contribution in [0.3, 0.4) is 0 Å². The normalized spacial score (nSPS) is 16.7. The van der Waals surface area contributed by atoms with Crippen LogP contribution in [0.15, 0.2) is 95.9 Å². The second-order valence-corrected chi connectivity index (χ2v) is 11.2. The van der Waals surface area contributed by atoms with E-state index in [9.17, 15) is 24.3 Å². The number of nitrogens with one attached hydrogen (secondary N) is 2. The number of hydrogen-bond acceptors (Lipinski definition) is 6. The number of unbranched alkanes of at least 4 members (excludes halogenated alkanes) is 1. The quantitative estimate of drug-likeness (QED) is 0.0932. The first-order valence-corrected chi connectivity index (χ1v) is 14.8. The minimum absolute atomic E-state index is 0.253. The fourth-order valence-electron chi connectivity index (χ4n) is 4.59. The van der Waals surface area contributed by atoms with Gasteiger partial charge in [0.05, 0.1) is 24.0 Å². The van der Waals surface area contributed by atoms with Gasteiger partial charge in [0.25, 0.3) is 0 Å². The lowest BCUT2D eigenvalue weighted by atomic mass is 9.82. The number of benzene rings is 3. The average Bonchev–Trinajstić information content (AvgIpc) is 3.01. The number of carbonyl (C=O) groups is 4. The molecule has 0 aromatic heterocycles. The lowest BCUT2D eigenvalue weighted by Gasteiger charge is -2.24. The molecule has 0 bridgehead atoms. The van der Waals surface area contributed by atoms with Crippen molar-refractivity contribution in [3.05, 3.63) is 102 Å². The van der Waals surface area contributed by atoms with E-state index in [0.29, 0.717) is 36.4 Å². The molecule has 3 atom stereocenters. The minimum Gasteiger partial charge on any atom is -0.481 e. The Morgan fingerprint density at radius 1 is 0.881 bits per heavy atom. The highest BCUT2D eigenvalue weighted by Crippen LogP contribution is 2.37. The lowest BCUT2D eigenvalue weighted by molar-refractivity contribution is -0.146. The van der Waals surface area contributed by atoms with Crippen molar-refractivity contribution in [1.29, 1.82) is 0 Å². The lowest BCUT2D eigenvalue weighted by Crippen LogP contribution is -2.34. The molecule has 4 rings (SSSR count). The van der Waals surface area contributed by atoms with Gasteiger partial charge in [-0.15, -0.1) is 11.8 Å². The van der Waals surface area contributed by atoms with Crippen LogP contribution in [0.1, 0.15) is 53.8 Å². The molecule has 0 heterocycles. The number of carboxylic acid groups (broad SMARTS) is 1. The Morgan fingerprint density at radius 3 is 2.29 bits per heavy atom. The van der Waals surface area contributed by atoms with E-state index in [4.69, 9.17) is 4.74 Å². The maximum Gasteiger partial charge on any atom is 0.338 e. The number of ether oxygens (including phenoxy) is 1. The summed E-state index contributed by atoms with van der Waals surface area (Å²) in [5, 5.41) is 14.7. The van der Waals surface area contributed by atoms with Crippen LogP contribution in [0, 0.1) is 11.8 Å². The van der Waals surface area contributed by atoms with Crippen LogP contribution in [0.4, 0.5) is 11.4 Å². The van der Waals surface area contributed by atoms with Crippen LogP contribution in [0.25, 0.3) is 0 Å². The molecule has 218 valence electrons. The highest BCUT2D eigenvalue weighted by atomic mass is 32.2. The van der Waals surface area contributed by atoms with Gasteiger partial charge in [-0.2, -0.15) is 0 Å². The summed E-state index contributed by atoms with van der Waals surface area (Å²) in [6, 6.07) is 23.1. The summed E-state index contributed by atoms with van der Waals surface area (Å²) < 4.78 is 5.25. The zero-order valence-electron chi connectivity index (χ0n) is 23.3. The first-order valence-electron chi connectivity index (χ1n) is 13.9. The molecule has 0 saturated carbocycles. The molecular formula is C33H34N2O6S. The molecule has 3 unspecified atom stereocenters. The van der Waals surface area contributed by atoms with Gasteiger partial charge in [0, 0.05) is 16.3 Å². The summed E-state index contributed by atoms with van der Waals surface area (Å²) >= 11 is 1.33. The molecule has 42 heavy (non-hydrogen) atoms. The number of aliphatic carboxylic acids is 1. The van der Waals surface area contributed by atoms with Crippen molar-refractivity contribution in [3.8, 4) is 0 Å². The van der Waals surface area contributed by atoms with E-state index in [2.05, 4.69) is 10.6 Å². The number of esters is 1. The fourth-order valence-corrected chi connectivity index (χ4v) is 5.67. The second-order valence-electron chi connectivity index (χ2n) is 9.98. The van der Waals surface area contributed by atoms with E-state index in [1.807, 2.05) is 49.4 Å². The van der Waals surface area contributed by atoms with E-state index < -0.39 is 29.0 Å². The first-order chi connectivity index (χ1) is 20.4. The monoisotopic (exact) mass is 586 g/mol. The predicted molar refractivity (Wildman–Crippen MR) is 163 cm³/mol. The van der Waals surface area contributed by atoms with Gasteiger partial charge in [-0.1, -0.05) is 61.9 Å². The zero-order valence-corrected chi connectivity index (χ0v) is 24.1. The Bertz CT molecular complexity index is 1420. The zero-order chi connectivity index (χ0) is 29.9. The number of allylic oxidation sites excluding steroid dienone is 2. The maximum absolute atomic E-state index is 13.5. The van der Waals surface area contributed by atoms with Crippen LogP contribution in [0.5, 0.6) is 0 Å². The van der Waals surface area contributed by atoms with Crippen LogP contribution in [-0.4, -0.2) is 35.5 Å². The topological polar surface area (TPSA) is 122 Å². The number of carbonyl (C=O) groups excluding carboxylic acids is 3. The van der Waals surface area contributed by atoms with Crippen molar-refractivity contribution in [3.63, 3.8) is 0 Å². The Morgan fingerprint density at radius 2 is 1.60 bits per heavy atom.